The van der Waals surface area contributed by atoms with E-state index < -0.39 is 10.0 Å². The predicted octanol–water partition coefficient (Wildman–Crippen LogP) is 2.81. The molecule has 0 spiro atoms. The van der Waals surface area contributed by atoms with E-state index in [1.165, 1.54) is 4.31 Å². The van der Waals surface area contributed by atoms with Gasteiger partial charge in [-0.3, -0.25) is 4.68 Å². The highest BCUT2D eigenvalue weighted by Crippen LogP contribution is 2.31. The predicted molar refractivity (Wildman–Crippen MR) is 113 cm³/mol. The fourth-order valence-electron chi connectivity index (χ4n) is 3.89. The van der Waals surface area contributed by atoms with E-state index in [9.17, 15) is 8.42 Å². The van der Waals surface area contributed by atoms with E-state index >= 15 is 0 Å². The number of sulfonamides is 1. The van der Waals surface area contributed by atoms with Crippen molar-refractivity contribution in [1.82, 2.24) is 24.2 Å². The molecule has 0 N–H and O–H groups in total. The molecule has 0 saturated heterocycles. The maximum Gasteiger partial charge on any atom is 0.278 e. The molecule has 0 fully saturated rings. The molecule has 9 heteroatoms. The first-order valence-electron chi connectivity index (χ1n) is 9.99. The minimum absolute atomic E-state index is 0.214. The fraction of sp³-hybridized carbons (Fsp3) is 0.227. The first-order chi connectivity index (χ1) is 15.0. The number of rotatable bonds is 5. The molecule has 1 aliphatic rings. The number of hydrogen-bond acceptors (Lipinski definition) is 6. The van der Waals surface area contributed by atoms with Crippen molar-refractivity contribution in [2.45, 2.75) is 24.3 Å². The molecule has 0 unspecified atom stereocenters. The monoisotopic (exact) mass is 435 g/mol. The lowest BCUT2D eigenvalue weighted by Gasteiger charge is -2.26. The van der Waals surface area contributed by atoms with Crippen molar-refractivity contribution in [3.63, 3.8) is 0 Å². The van der Waals surface area contributed by atoms with Crippen LogP contribution in [0.15, 0.2) is 70.1 Å². The summed E-state index contributed by atoms with van der Waals surface area (Å²) in [6, 6.07) is 18.4. The highest BCUT2D eigenvalue weighted by molar-refractivity contribution is 7.89. The average molecular weight is 436 g/mol. The highest BCUT2D eigenvalue weighted by Gasteiger charge is 2.33. The van der Waals surface area contributed by atoms with Gasteiger partial charge in [0.2, 0.25) is 10.0 Å². The quantitative estimate of drug-likeness (QED) is 0.478. The first-order valence-corrected chi connectivity index (χ1v) is 11.4. The van der Waals surface area contributed by atoms with Crippen LogP contribution in [-0.4, -0.2) is 39.2 Å². The Kier molecular flexibility index (Phi) is 4.91. The number of hydrogen-bond donors (Lipinski definition) is 0. The summed E-state index contributed by atoms with van der Waals surface area (Å²) in [5.74, 6) is 0.868. The van der Waals surface area contributed by atoms with Crippen LogP contribution in [0.1, 0.15) is 22.6 Å². The van der Waals surface area contributed by atoms with Gasteiger partial charge < -0.3 is 4.52 Å². The lowest BCUT2D eigenvalue weighted by atomic mass is 10.1. The highest BCUT2D eigenvalue weighted by atomic mass is 32.2. The van der Waals surface area contributed by atoms with Crippen molar-refractivity contribution in [3.05, 3.63) is 83.3 Å². The molecular formula is C22H21N5O3S. The Hall–Kier alpha value is -3.30. The van der Waals surface area contributed by atoms with Gasteiger partial charge in [-0.25, -0.2) is 8.42 Å². The van der Waals surface area contributed by atoms with Gasteiger partial charge in [-0.2, -0.15) is 14.4 Å². The Balaban J connectivity index is 1.45. The molecule has 31 heavy (non-hydrogen) atoms. The Morgan fingerprint density at radius 1 is 1.03 bits per heavy atom. The number of benzene rings is 2. The fourth-order valence-corrected chi connectivity index (χ4v) is 5.32. The summed E-state index contributed by atoms with van der Waals surface area (Å²) in [5, 5.41) is 8.67. The molecule has 1 aliphatic heterocycles. The van der Waals surface area contributed by atoms with Gasteiger partial charge in [0.15, 0.2) is 11.5 Å². The molecule has 0 aliphatic carbocycles. The lowest BCUT2D eigenvalue weighted by molar-refractivity contribution is 0.385. The van der Waals surface area contributed by atoms with Gasteiger partial charge in [0.25, 0.3) is 5.89 Å². The molecule has 0 atom stereocenters. The Bertz CT molecular complexity index is 1310. The third-order valence-electron chi connectivity index (χ3n) is 5.46. The van der Waals surface area contributed by atoms with Crippen LogP contribution >= 0.6 is 0 Å². The minimum atomic E-state index is -3.60. The van der Waals surface area contributed by atoms with Gasteiger partial charge in [-0.05, 0) is 17.7 Å². The van der Waals surface area contributed by atoms with E-state index in [2.05, 4.69) is 15.2 Å². The Labute approximate surface area is 180 Å². The lowest BCUT2D eigenvalue weighted by Crippen LogP contribution is -2.36. The molecule has 3 heterocycles. The van der Waals surface area contributed by atoms with Crippen LogP contribution in [0.5, 0.6) is 0 Å². The second-order valence-electron chi connectivity index (χ2n) is 7.48. The maximum atomic E-state index is 13.1. The van der Waals surface area contributed by atoms with Crippen LogP contribution in [-0.2, 0) is 36.5 Å². The summed E-state index contributed by atoms with van der Waals surface area (Å²) in [4.78, 5) is 4.81. The van der Waals surface area contributed by atoms with Crippen molar-refractivity contribution >= 4 is 10.0 Å². The number of nitrogens with zero attached hydrogens (tertiary/aromatic N) is 5. The van der Waals surface area contributed by atoms with Crippen molar-refractivity contribution in [2.24, 2.45) is 7.05 Å². The van der Waals surface area contributed by atoms with E-state index in [4.69, 9.17) is 4.52 Å². The molecule has 8 nitrogen and oxygen atoms in total. The van der Waals surface area contributed by atoms with Gasteiger partial charge >= 0.3 is 0 Å². The number of aromatic nitrogens is 4. The number of aryl methyl sites for hydroxylation is 1. The van der Waals surface area contributed by atoms with Crippen LogP contribution in [0, 0.1) is 0 Å². The standard InChI is InChI=1S/C22H21N5O3S/c1-26-19-12-13-27(31(28,29)17-10-6-3-7-11-17)15-18(19)21(24-26)22-23-20(25-30-22)14-16-8-4-2-5-9-16/h2-11H,12-15H2,1H3. The maximum absolute atomic E-state index is 13.1. The second-order valence-corrected chi connectivity index (χ2v) is 9.42. The van der Waals surface area contributed by atoms with E-state index in [-0.39, 0.29) is 11.4 Å². The van der Waals surface area contributed by atoms with Crippen LogP contribution in [0.3, 0.4) is 0 Å². The van der Waals surface area contributed by atoms with Gasteiger partial charge in [0.1, 0.15) is 0 Å². The second kappa shape index (κ2) is 7.75. The van der Waals surface area contributed by atoms with E-state index in [1.807, 2.05) is 37.4 Å². The summed E-state index contributed by atoms with van der Waals surface area (Å²) in [6.07, 6.45) is 1.11. The molecule has 4 aromatic rings. The zero-order valence-electron chi connectivity index (χ0n) is 17.0. The van der Waals surface area contributed by atoms with Crippen LogP contribution in [0.25, 0.3) is 11.6 Å². The summed E-state index contributed by atoms with van der Waals surface area (Å²) in [6.45, 7) is 0.610. The SMILES string of the molecule is Cn1nc(-c2nc(Cc3ccccc3)no2)c2c1CCN(S(=O)(=O)c1ccccc1)C2. The zero-order chi connectivity index (χ0) is 21.4. The van der Waals surface area contributed by atoms with Crippen molar-refractivity contribution in [1.29, 1.82) is 0 Å². The summed E-state index contributed by atoms with van der Waals surface area (Å²) in [7, 11) is -1.75. The summed E-state index contributed by atoms with van der Waals surface area (Å²) in [5.41, 5.74) is 3.41. The van der Waals surface area contributed by atoms with Crippen LogP contribution in [0.4, 0.5) is 0 Å². The molecule has 2 aromatic heterocycles. The molecule has 0 radical (unpaired) electrons. The zero-order valence-corrected chi connectivity index (χ0v) is 17.8. The van der Waals surface area contributed by atoms with Gasteiger partial charge in [0, 0.05) is 44.2 Å². The molecular weight excluding hydrogens is 414 g/mol. The molecule has 0 bridgehead atoms. The molecule has 0 amide bonds. The van der Waals surface area contributed by atoms with Crippen LogP contribution < -0.4 is 0 Å². The third kappa shape index (κ3) is 3.66. The van der Waals surface area contributed by atoms with E-state index in [0.29, 0.717) is 36.8 Å². The topological polar surface area (TPSA) is 94.1 Å². The molecule has 2 aromatic carbocycles. The Morgan fingerprint density at radius 2 is 1.74 bits per heavy atom. The van der Waals surface area contributed by atoms with Gasteiger partial charge in [-0.1, -0.05) is 53.7 Å². The van der Waals surface area contributed by atoms with Crippen molar-refractivity contribution in [3.8, 4) is 11.6 Å². The van der Waals surface area contributed by atoms with E-state index in [0.717, 1.165) is 16.8 Å². The van der Waals surface area contributed by atoms with E-state index in [1.54, 1.807) is 35.0 Å². The third-order valence-corrected chi connectivity index (χ3v) is 7.32. The number of fused-ring (bicyclic) bond motifs is 1. The summed E-state index contributed by atoms with van der Waals surface area (Å²) >= 11 is 0. The molecule has 0 saturated carbocycles. The van der Waals surface area contributed by atoms with Crippen molar-refractivity contribution in [2.75, 3.05) is 6.54 Å². The first kappa shape index (κ1) is 19.7. The average Bonchev–Trinajstić information content (AvgIpc) is 3.39. The molecule has 158 valence electrons. The van der Waals surface area contributed by atoms with Gasteiger partial charge in [-0.15, -0.1) is 0 Å². The Morgan fingerprint density at radius 3 is 2.48 bits per heavy atom. The normalized spacial score (nSPS) is 14.5. The largest absolute Gasteiger partial charge is 0.332 e. The smallest absolute Gasteiger partial charge is 0.278 e. The molecule has 5 rings (SSSR count). The summed E-state index contributed by atoms with van der Waals surface area (Å²) < 4.78 is 35.0. The van der Waals surface area contributed by atoms with Crippen molar-refractivity contribution < 1.29 is 12.9 Å². The van der Waals surface area contributed by atoms with Gasteiger partial charge in [0.05, 0.1) is 4.90 Å². The minimum Gasteiger partial charge on any atom is -0.332 e. The van der Waals surface area contributed by atoms with Crippen LogP contribution in [0.2, 0.25) is 0 Å².